The smallest absolute Gasteiger partial charge is 0.337 e. The van der Waals surface area contributed by atoms with Gasteiger partial charge in [-0.05, 0) is 24.5 Å². The fourth-order valence-corrected chi connectivity index (χ4v) is 2.18. The van der Waals surface area contributed by atoms with Crippen molar-refractivity contribution in [3.05, 3.63) is 23.8 Å². The van der Waals surface area contributed by atoms with Gasteiger partial charge in [0.15, 0.2) is 0 Å². The van der Waals surface area contributed by atoms with Crippen molar-refractivity contribution in [2.75, 3.05) is 19.0 Å². The van der Waals surface area contributed by atoms with E-state index < -0.39 is 5.97 Å². The molecule has 0 unspecified atom stereocenters. The molecule has 2 rings (SSSR count). The average molecular weight is 249 g/mol. The van der Waals surface area contributed by atoms with Crippen LogP contribution in [0.3, 0.4) is 0 Å². The number of nitrogens with one attached hydrogen (secondary N) is 1. The molecule has 0 bridgehead atoms. The molecular formula is C14H19NO3. The number of rotatable bonds is 6. The number of methoxy groups -OCH3 is 1. The van der Waals surface area contributed by atoms with Gasteiger partial charge in [-0.15, -0.1) is 0 Å². The van der Waals surface area contributed by atoms with Crippen LogP contribution >= 0.6 is 0 Å². The molecule has 0 heterocycles. The fraction of sp³-hybridized carbons (Fsp3) is 0.500. The van der Waals surface area contributed by atoms with Crippen molar-refractivity contribution in [2.24, 2.45) is 5.92 Å². The van der Waals surface area contributed by atoms with E-state index in [4.69, 9.17) is 9.84 Å². The lowest BCUT2D eigenvalue weighted by atomic mass is 9.83. The second kappa shape index (κ2) is 5.76. The average Bonchev–Trinajstić information content (AvgIpc) is 2.31. The molecule has 0 aromatic heterocycles. The normalized spacial score (nSPS) is 14.9. The Bertz CT molecular complexity index is 427. The fourth-order valence-electron chi connectivity index (χ4n) is 2.18. The minimum atomic E-state index is -0.913. The summed E-state index contributed by atoms with van der Waals surface area (Å²) >= 11 is 0. The molecule has 1 aliphatic rings. The van der Waals surface area contributed by atoms with Crippen LogP contribution in [0.1, 0.15) is 36.0 Å². The lowest BCUT2D eigenvalue weighted by Crippen LogP contribution is -2.16. The zero-order valence-electron chi connectivity index (χ0n) is 10.6. The van der Waals surface area contributed by atoms with Gasteiger partial charge in [-0.1, -0.05) is 19.3 Å². The SMILES string of the molecule is COc1ccc(C(=O)O)c(NCCC2CCC2)c1. The highest BCUT2D eigenvalue weighted by atomic mass is 16.5. The van der Waals surface area contributed by atoms with Crippen LogP contribution in [-0.4, -0.2) is 24.7 Å². The first-order chi connectivity index (χ1) is 8.70. The number of hydrogen-bond donors (Lipinski definition) is 2. The van der Waals surface area contributed by atoms with E-state index in [1.165, 1.54) is 19.3 Å². The molecule has 1 aromatic rings. The van der Waals surface area contributed by atoms with E-state index in [0.29, 0.717) is 17.0 Å². The molecule has 0 radical (unpaired) electrons. The van der Waals surface area contributed by atoms with E-state index in [0.717, 1.165) is 18.9 Å². The Kier molecular flexibility index (Phi) is 4.07. The molecule has 1 saturated carbocycles. The van der Waals surface area contributed by atoms with Crippen molar-refractivity contribution in [2.45, 2.75) is 25.7 Å². The molecule has 0 spiro atoms. The number of anilines is 1. The van der Waals surface area contributed by atoms with Crippen molar-refractivity contribution in [1.82, 2.24) is 0 Å². The van der Waals surface area contributed by atoms with E-state index in [9.17, 15) is 4.79 Å². The highest BCUT2D eigenvalue weighted by Gasteiger charge is 2.17. The van der Waals surface area contributed by atoms with Crippen LogP contribution in [0.2, 0.25) is 0 Å². The van der Waals surface area contributed by atoms with Crippen LogP contribution in [0.25, 0.3) is 0 Å². The molecule has 18 heavy (non-hydrogen) atoms. The number of carboxylic acid groups (broad SMARTS) is 1. The van der Waals surface area contributed by atoms with Crippen LogP contribution in [0.5, 0.6) is 5.75 Å². The summed E-state index contributed by atoms with van der Waals surface area (Å²) < 4.78 is 5.12. The first-order valence-electron chi connectivity index (χ1n) is 6.36. The molecule has 0 saturated heterocycles. The molecule has 0 atom stereocenters. The van der Waals surface area contributed by atoms with E-state index in [1.54, 1.807) is 25.3 Å². The largest absolute Gasteiger partial charge is 0.497 e. The number of ether oxygens (including phenoxy) is 1. The second-order valence-corrected chi connectivity index (χ2v) is 4.73. The van der Waals surface area contributed by atoms with E-state index in [1.807, 2.05) is 0 Å². The van der Waals surface area contributed by atoms with Gasteiger partial charge >= 0.3 is 5.97 Å². The minimum absolute atomic E-state index is 0.296. The van der Waals surface area contributed by atoms with Gasteiger partial charge in [0.2, 0.25) is 0 Å². The third kappa shape index (κ3) is 2.94. The third-order valence-corrected chi connectivity index (χ3v) is 3.55. The third-order valence-electron chi connectivity index (χ3n) is 3.55. The minimum Gasteiger partial charge on any atom is -0.497 e. The van der Waals surface area contributed by atoms with Gasteiger partial charge in [0.25, 0.3) is 0 Å². The van der Waals surface area contributed by atoms with E-state index >= 15 is 0 Å². The van der Waals surface area contributed by atoms with Gasteiger partial charge in [0.05, 0.1) is 18.4 Å². The van der Waals surface area contributed by atoms with Crippen LogP contribution in [-0.2, 0) is 0 Å². The van der Waals surface area contributed by atoms with Crippen LogP contribution in [0, 0.1) is 5.92 Å². The Balaban J connectivity index is 2.00. The van der Waals surface area contributed by atoms with Crippen molar-refractivity contribution >= 4 is 11.7 Å². The maximum absolute atomic E-state index is 11.1. The zero-order valence-corrected chi connectivity index (χ0v) is 10.6. The molecule has 0 amide bonds. The molecular weight excluding hydrogens is 230 g/mol. The predicted molar refractivity (Wildman–Crippen MR) is 70.4 cm³/mol. The lowest BCUT2D eigenvalue weighted by Gasteiger charge is -2.25. The van der Waals surface area contributed by atoms with E-state index in [2.05, 4.69) is 5.32 Å². The number of hydrogen-bond acceptors (Lipinski definition) is 3. The molecule has 1 aliphatic carbocycles. The summed E-state index contributed by atoms with van der Waals surface area (Å²) in [5.74, 6) is 0.575. The van der Waals surface area contributed by atoms with Gasteiger partial charge < -0.3 is 15.2 Å². The Hall–Kier alpha value is -1.71. The molecule has 1 fully saturated rings. The molecule has 4 nitrogen and oxygen atoms in total. The Morgan fingerprint density at radius 3 is 2.83 bits per heavy atom. The second-order valence-electron chi connectivity index (χ2n) is 4.73. The summed E-state index contributed by atoms with van der Waals surface area (Å²) in [5.41, 5.74) is 0.936. The lowest BCUT2D eigenvalue weighted by molar-refractivity contribution is 0.0698. The first-order valence-corrected chi connectivity index (χ1v) is 6.36. The maximum atomic E-state index is 11.1. The van der Waals surface area contributed by atoms with Crippen molar-refractivity contribution < 1.29 is 14.6 Å². The van der Waals surface area contributed by atoms with E-state index in [-0.39, 0.29) is 0 Å². The summed E-state index contributed by atoms with van der Waals surface area (Å²) in [6.45, 7) is 0.818. The summed E-state index contributed by atoms with van der Waals surface area (Å²) in [5, 5.41) is 12.3. The molecule has 4 heteroatoms. The van der Waals surface area contributed by atoms with Gasteiger partial charge in [0.1, 0.15) is 5.75 Å². The maximum Gasteiger partial charge on any atom is 0.337 e. The topological polar surface area (TPSA) is 58.6 Å². The van der Waals surface area contributed by atoms with Gasteiger partial charge in [-0.2, -0.15) is 0 Å². The standard InChI is InChI=1S/C14H19NO3/c1-18-11-5-6-12(14(16)17)13(9-11)15-8-7-10-3-2-4-10/h5-6,9-10,15H,2-4,7-8H2,1H3,(H,16,17). The summed E-state index contributed by atoms with van der Waals surface area (Å²) in [6, 6.07) is 4.98. The number of carboxylic acids is 1. The highest BCUT2D eigenvalue weighted by Crippen LogP contribution is 2.29. The summed E-state index contributed by atoms with van der Waals surface area (Å²) in [6.07, 6.45) is 5.07. The van der Waals surface area contributed by atoms with Crippen LogP contribution in [0.15, 0.2) is 18.2 Å². The predicted octanol–water partition coefficient (Wildman–Crippen LogP) is 3.00. The highest BCUT2D eigenvalue weighted by molar-refractivity contribution is 5.94. The summed E-state index contributed by atoms with van der Waals surface area (Å²) in [7, 11) is 1.58. The molecule has 1 aromatic carbocycles. The Morgan fingerprint density at radius 1 is 1.50 bits per heavy atom. The summed E-state index contributed by atoms with van der Waals surface area (Å²) in [4.78, 5) is 11.1. The Labute approximate surface area is 107 Å². The first kappa shape index (κ1) is 12.7. The van der Waals surface area contributed by atoms with Crippen molar-refractivity contribution in [3.63, 3.8) is 0 Å². The number of aromatic carboxylic acids is 1. The molecule has 0 aliphatic heterocycles. The Morgan fingerprint density at radius 2 is 2.28 bits per heavy atom. The van der Waals surface area contributed by atoms with Crippen LogP contribution < -0.4 is 10.1 Å². The number of benzene rings is 1. The van der Waals surface area contributed by atoms with Crippen molar-refractivity contribution in [3.8, 4) is 5.75 Å². The number of carbonyl (C=O) groups is 1. The van der Waals surface area contributed by atoms with Crippen molar-refractivity contribution in [1.29, 1.82) is 0 Å². The van der Waals surface area contributed by atoms with Gasteiger partial charge in [-0.25, -0.2) is 4.79 Å². The van der Waals surface area contributed by atoms with Gasteiger partial charge in [0, 0.05) is 12.6 Å². The molecule has 2 N–H and O–H groups in total. The molecule has 98 valence electrons. The zero-order chi connectivity index (χ0) is 13.0. The quantitative estimate of drug-likeness (QED) is 0.813. The van der Waals surface area contributed by atoms with Gasteiger partial charge in [-0.3, -0.25) is 0 Å². The monoisotopic (exact) mass is 249 g/mol. The van der Waals surface area contributed by atoms with Crippen LogP contribution in [0.4, 0.5) is 5.69 Å².